The number of rotatable bonds is 5. The van der Waals surface area contributed by atoms with Gasteiger partial charge in [-0.1, -0.05) is 0 Å². The van der Waals surface area contributed by atoms with Gasteiger partial charge in [0.15, 0.2) is 18.1 Å². The summed E-state index contributed by atoms with van der Waals surface area (Å²) >= 11 is 0. The minimum atomic E-state index is -0.572. The van der Waals surface area contributed by atoms with Gasteiger partial charge >= 0.3 is 0 Å². The highest BCUT2D eigenvalue weighted by atomic mass is 16.5. The van der Waals surface area contributed by atoms with Crippen molar-refractivity contribution >= 4 is 11.7 Å². The molecule has 86 valence electrons. The molecule has 0 aromatic heterocycles. The Balaban J connectivity index is 2.93. The number of benzene rings is 1. The van der Waals surface area contributed by atoms with E-state index < -0.39 is 5.91 Å². The van der Waals surface area contributed by atoms with Crippen molar-refractivity contribution in [2.75, 3.05) is 13.7 Å². The van der Waals surface area contributed by atoms with E-state index >= 15 is 0 Å². The molecule has 0 aliphatic rings. The first kappa shape index (κ1) is 11.8. The van der Waals surface area contributed by atoms with E-state index in [2.05, 4.69) is 0 Å². The molecule has 0 saturated heterocycles. The summed E-state index contributed by atoms with van der Waals surface area (Å²) in [6, 6.07) is 4.72. The minimum absolute atomic E-state index is 0.0697. The summed E-state index contributed by atoms with van der Waals surface area (Å²) in [6.45, 7) is -0.226. The van der Waals surface area contributed by atoms with Crippen LogP contribution in [0.3, 0.4) is 0 Å². The van der Waals surface area contributed by atoms with Crippen molar-refractivity contribution in [3.8, 4) is 11.5 Å². The smallest absolute Gasteiger partial charge is 0.255 e. The molecular weight excluding hydrogens is 210 g/mol. The topological polar surface area (TPSA) is 111 Å². The molecule has 0 heterocycles. The Labute approximate surface area is 92.6 Å². The molecule has 1 amide bonds. The lowest BCUT2D eigenvalue weighted by molar-refractivity contribution is -0.119. The number of hydrogen-bond donors (Lipinski definition) is 3. The molecule has 1 rings (SSSR count). The van der Waals surface area contributed by atoms with Gasteiger partial charge in [-0.05, 0) is 18.2 Å². The summed E-state index contributed by atoms with van der Waals surface area (Å²) < 4.78 is 10.2. The number of amidine groups is 1. The number of ether oxygens (including phenoxy) is 2. The van der Waals surface area contributed by atoms with Crippen molar-refractivity contribution < 1.29 is 14.3 Å². The summed E-state index contributed by atoms with van der Waals surface area (Å²) in [6.07, 6.45) is 0. The summed E-state index contributed by atoms with van der Waals surface area (Å²) in [4.78, 5) is 10.5. The fraction of sp³-hybridized carbons (Fsp3) is 0.200. The molecule has 6 nitrogen and oxygen atoms in total. The molecule has 1 aromatic rings. The molecule has 0 aliphatic heterocycles. The van der Waals surface area contributed by atoms with E-state index in [9.17, 15) is 4.79 Å². The number of amides is 1. The lowest BCUT2D eigenvalue weighted by Crippen LogP contribution is -2.20. The van der Waals surface area contributed by atoms with Crippen LogP contribution in [0.5, 0.6) is 11.5 Å². The van der Waals surface area contributed by atoms with Crippen LogP contribution in [0.2, 0.25) is 0 Å². The van der Waals surface area contributed by atoms with Crippen LogP contribution in [-0.2, 0) is 4.79 Å². The van der Waals surface area contributed by atoms with E-state index in [0.717, 1.165) is 0 Å². The predicted octanol–water partition coefficient (Wildman–Crippen LogP) is -0.157. The number of nitrogens with one attached hydrogen (secondary N) is 1. The monoisotopic (exact) mass is 223 g/mol. The molecule has 0 bridgehead atoms. The molecule has 0 atom stereocenters. The van der Waals surface area contributed by atoms with Gasteiger partial charge in [0.2, 0.25) is 0 Å². The number of methoxy groups -OCH3 is 1. The lowest BCUT2D eigenvalue weighted by atomic mass is 10.2. The van der Waals surface area contributed by atoms with E-state index in [1.54, 1.807) is 18.2 Å². The van der Waals surface area contributed by atoms with Crippen LogP contribution in [0.4, 0.5) is 0 Å². The third-order valence-electron chi connectivity index (χ3n) is 1.84. The van der Waals surface area contributed by atoms with Crippen molar-refractivity contribution in [2.24, 2.45) is 11.5 Å². The molecule has 1 aromatic carbocycles. The summed E-state index contributed by atoms with van der Waals surface area (Å²) in [5.74, 6) is 0.137. The first-order valence-corrected chi connectivity index (χ1v) is 4.48. The third-order valence-corrected chi connectivity index (χ3v) is 1.84. The van der Waals surface area contributed by atoms with Crippen molar-refractivity contribution in [1.29, 1.82) is 5.41 Å². The van der Waals surface area contributed by atoms with E-state index in [4.69, 9.17) is 26.4 Å². The number of nitrogen functional groups attached to an aromatic ring is 1. The van der Waals surface area contributed by atoms with Crippen LogP contribution in [0, 0.1) is 5.41 Å². The summed E-state index contributed by atoms with van der Waals surface area (Å²) in [7, 11) is 1.45. The van der Waals surface area contributed by atoms with Gasteiger partial charge in [-0.3, -0.25) is 10.2 Å². The highest BCUT2D eigenvalue weighted by molar-refractivity contribution is 5.95. The fourth-order valence-electron chi connectivity index (χ4n) is 1.10. The van der Waals surface area contributed by atoms with Gasteiger partial charge in [-0.2, -0.15) is 0 Å². The second-order valence-electron chi connectivity index (χ2n) is 3.03. The van der Waals surface area contributed by atoms with E-state index in [-0.39, 0.29) is 12.4 Å². The van der Waals surface area contributed by atoms with Gasteiger partial charge in [-0.15, -0.1) is 0 Å². The molecule has 0 spiro atoms. The number of hydrogen-bond acceptors (Lipinski definition) is 4. The Morgan fingerprint density at radius 3 is 2.56 bits per heavy atom. The van der Waals surface area contributed by atoms with Crippen LogP contribution in [-0.4, -0.2) is 25.5 Å². The average molecular weight is 223 g/mol. The zero-order valence-electron chi connectivity index (χ0n) is 8.82. The molecular formula is C10H13N3O3. The molecule has 5 N–H and O–H groups in total. The van der Waals surface area contributed by atoms with E-state index in [1.807, 2.05) is 0 Å². The van der Waals surface area contributed by atoms with Gasteiger partial charge in [0.25, 0.3) is 5.91 Å². The van der Waals surface area contributed by atoms with Gasteiger partial charge in [-0.25, -0.2) is 0 Å². The van der Waals surface area contributed by atoms with Gasteiger partial charge in [0, 0.05) is 5.56 Å². The number of primary amides is 1. The highest BCUT2D eigenvalue weighted by Crippen LogP contribution is 2.27. The van der Waals surface area contributed by atoms with Gasteiger partial charge < -0.3 is 20.9 Å². The second-order valence-corrected chi connectivity index (χ2v) is 3.03. The second kappa shape index (κ2) is 5.01. The first-order chi connectivity index (χ1) is 7.54. The normalized spacial score (nSPS) is 9.56. The standard InChI is InChI=1S/C10H13N3O3/c1-15-8-4-6(10(12)13)2-3-7(8)16-5-9(11)14/h2-4H,5H2,1H3,(H2,11,14)(H3,12,13). The molecule has 6 heteroatoms. The third kappa shape index (κ3) is 2.88. The maximum atomic E-state index is 10.5. The Morgan fingerprint density at radius 2 is 2.06 bits per heavy atom. The fourth-order valence-corrected chi connectivity index (χ4v) is 1.10. The van der Waals surface area contributed by atoms with Crippen molar-refractivity contribution in [2.45, 2.75) is 0 Å². The predicted molar refractivity (Wildman–Crippen MR) is 58.7 cm³/mol. The van der Waals surface area contributed by atoms with Gasteiger partial charge in [0.05, 0.1) is 7.11 Å². The van der Waals surface area contributed by atoms with Crippen LogP contribution < -0.4 is 20.9 Å². The number of carbonyl (C=O) groups excluding carboxylic acids is 1. The zero-order chi connectivity index (χ0) is 12.1. The number of carbonyl (C=O) groups is 1. The lowest BCUT2D eigenvalue weighted by Gasteiger charge is -2.10. The Morgan fingerprint density at radius 1 is 1.38 bits per heavy atom. The molecule has 0 aliphatic carbocycles. The Hall–Kier alpha value is -2.24. The van der Waals surface area contributed by atoms with E-state index in [1.165, 1.54) is 7.11 Å². The Bertz CT molecular complexity index is 418. The molecule has 0 unspecified atom stereocenters. The maximum absolute atomic E-state index is 10.5. The van der Waals surface area contributed by atoms with Gasteiger partial charge in [0.1, 0.15) is 5.84 Å². The van der Waals surface area contributed by atoms with Crippen molar-refractivity contribution in [3.63, 3.8) is 0 Å². The maximum Gasteiger partial charge on any atom is 0.255 e. The summed E-state index contributed by atoms with van der Waals surface area (Å²) in [5.41, 5.74) is 10.8. The molecule has 0 radical (unpaired) electrons. The Kier molecular flexibility index (Phi) is 3.71. The summed E-state index contributed by atoms with van der Waals surface area (Å²) in [5, 5.41) is 7.26. The first-order valence-electron chi connectivity index (χ1n) is 4.48. The molecule has 0 fully saturated rings. The number of nitrogens with two attached hydrogens (primary N) is 2. The van der Waals surface area contributed by atoms with E-state index in [0.29, 0.717) is 17.1 Å². The van der Waals surface area contributed by atoms with Crippen LogP contribution >= 0.6 is 0 Å². The average Bonchev–Trinajstić information content (AvgIpc) is 2.25. The SMILES string of the molecule is COc1cc(C(=N)N)ccc1OCC(N)=O. The van der Waals surface area contributed by atoms with Crippen LogP contribution in [0.25, 0.3) is 0 Å². The molecule has 0 saturated carbocycles. The van der Waals surface area contributed by atoms with Crippen LogP contribution in [0.15, 0.2) is 18.2 Å². The molecule has 16 heavy (non-hydrogen) atoms. The van der Waals surface area contributed by atoms with Crippen molar-refractivity contribution in [1.82, 2.24) is 0 Å². The van der Waals surface area contributed by atoms with Crippen molar-refractivity contribution in [3.05, 3.63) is 23.8 Å². The zero-order valence-corrected chi connectivity index (χ0v) is 8.82. The quantitative estimate of drug-likeness (QED) is 0.475. The van der Waals surface area contributed by atoms with Crippen LogP contribution in [0.1, 0.15) is 5.56 Å². The highest BCUT2D eigenvalue weighted by Gasteiger charge is 2.08. The minimum Gasteiger partial charge on any atom is -0.493 e. The largest absolute Gasteiger partial charge is 0.493 e.